The Labute approximate surface area is 151 Å². The monoisotopic (exact) mass is 351 g/mol. The van der Waals surface area contributed by atoms with Gasteiger partial charge in [0.1, 0.15) is 23.9 Å². The maximum atomic E-state index is 12.9. The summed E-state index contributed by atoms with van der Waals surface area (Å²) < 4.78 is 24.0. The van der Waals surface area contributed by atoms with Crippen LogP contribution >= 0.6 is 0 Å². The van der Waals surface area contributed by atoms with Gasteiger partial charge in [0, 0.05) is 18.2 Å². The zero-order valence-electron chi connectivity index (χ0n) is 14.1. The molecule has 132 valence electrons. The lowest BCUT2D eigenvalue weighted by molar-refractivity contribution is -0.144. The van der Waals surface area contributed by atoms with Gasteiger partial charge in [0.25, 0.3) is 0 Å². The first-order chi connectivity index (χ1) is 12.7. The maximum Gasteiger partial charge on any atom is 0.306 e. The van der Waals surface area contributed by atoms with E-state index in [4.69, 9.17) is 9.47 Å². The van der Waals surface area contributed by atoms with E-state index in [-0.39, 0.29) is 24.8 Å². The van der Waals surface area contributed by atoms with Crippen LogP contribution in [0.2, 0.25) is 0 Å². The van der Waals surface area contributed by atoms with Crippen molar-refractivity contribution in [2.45, 2.75) is 19.4 Å². The number of para-hydroxylation sites is 1. The van der Waals surface area contributed by atoms with Crippen molar-refractivity contribution in [3.05, 3.63) is 90.0 Å². The zero-order valence-corrected chi connectivity index (χ0v) is 14.1. The summed E-state index contributed by atoms with van der Waals surface area (Å²) in [6.45, 7) is 0.124. The number of halogens is 1. The van der Waals surface area contributed by atoms with Gasteiger partial charge in [-0.05, 0) is 42.3 Å². The number of hydrogen-bond acceptors (Lipinski definition) is 4. The van der Waals surface area contributed by atoms with E-state index in [2.05, 4.69) is 4.98 Å². The minimum Gasteiger partial charge on any atom is -0.461 e. The summed E-state index contributed by atoms with van der Waals surface area (Å²) in [5.41, 5.74) is 1.66. The van der Waals surface area contributed by atoms with E-state index in [1.54, 1.807) is 36.7 Å². The Balaban J connectivity index is 1.54. The first-order valence-electron chi connectivity index (χ1n) is 8.26. The topological polar surface area (TPSA) is 48.4 Å². The van der Waals surface area contributed by atoms with E-state index in [9.17, 15) is 9.18 Å². The van der Waals surface area contributed by atoms with Crippen LogP contribution in [0, 0.1) is 5.82 Å². The minimum atomic E-state index is -0.314. The number of benzene rings is 2. The summed E-state index contributed by atoms with van der Waals surface area (Å²) in [6.07, 6.45) is 4.03. The highest BCUT2D eigenvalue weighted by Gasteiger charge is 2.09. The van der Waals surface area contributed by atoms with Gasteiger partial charge >= 0.3 is 5.97 Å². The predicted octanol–water partition coefficient (Wildman–Crippen LogP) is 4.69. The fourth-order valence-corrected chi connectivity index (χ4v) is 2.38. The highest BCUT2D eigenvalue weighted by molar-refractivity contribution is 5.69. The van der Waals surface area contributed by atoms with E-state index in [1.165, 1.54) is 12.1 Å². The summed E-state index contributed by atoms with van der Waals surface area (Å²) in [5, 5.41) is 0. The van der Waals surface area contributed by atoms with Crippen LogP contribution in [0.5, 0.6) is 11.5 Å². The molecular formula is C21H18FNO3. The van der Waals surface area contributed by atoms with E-state index >= 15 is 0 Å². The number of ether oxygens (including phenoxy) is 2. The highest BCUT2D eigenvalue weighted by Crippen LogP contribution is 2.25. The Morgan fingerprint density at radius 3 is 2.58 bits per heavy atom. The molecule has 26 heavy (non-hydrogen) atoms. The number of aryl methyl sites for hydroxylation is 1. The first-order valence-corrected chi connectivity index (χ1v) is 8.26. The Bertz CT molecular complexity index is 851. The van der Waals surface area contributed by atoms with Gasteiger partial charge in [-0.3, -0.25) is 9.78 Å². The first kappa shape index (κ1) is 17.6. The molecule has 0 radical (unpaired) electrons. The van der Waals surface area contributed by atoms with Crippen LogP contribution in [0.15, 0.2) is 73.1 Å². The molecule has 0 spiro atoms. The van der Waals surface area contributed by atoms with Gasteiger partial charge in [0.05, 0.1) is 6.20 Å². The summed E-state index contributed by atoms with van der Waals surface area (Å²) >= 11 is 0. The normalized spacial score (nSPS) is 10.3. The fourth-order valence-electron chi connectivity index (χ4n) is 2.38. The average Bonchev–Trinajstić information content (AvgIpc) is 2.68. The van der Waals surface area contributed by atoms with Crippen LogP contribution in [-0.4, -0.2) is 11.0 Å². The molecule has 4 nitrogen and oxygen atoms in total. The Morgan fingerprint density at radius 2 is 1.81 bits per heavy atom. The smallest absolute Gasteiger partial charge is 0.306 e. The quantitative estimate of drug-likeness (QED) is 0.580. The van der Waals surface area contributed by atoms with Crippen LogP contribution in [0.1, 0.15) is 17.5 Å². The van der Waals surface area contributed by atoms with Crippen LogP contribution < -0.4 is 4.74 Å². The molecule has 0 unspecified atom stereocenters. The predicted molar refractivity (Wildman–Crippen MR) is 95.3 cm³/mol. The van der Waals surface area contributed by atoms with Crippen molar-refractivity contribution in [2.24, 2.45) is 0 Å². The molecular weight excluding hydrogens is 333 g/mol. The Kier molecular flexibility index (Phi) is 5.93. The summed E-state index contributed by atoms with van der Waals surface area (Å²) in [5.74, 6) is 0.626. The zero-order chi connectivity index (χ0) is 18.2. The second-order valence-electron chi connectivity index (χ2n) is 5.69. The molecule has 5 heteroatoms. The van der Waals surface area contributed by atoms with Crippen molar-refractivity contribution in [2.75, 3.05) is 0 Å². The molecule has 0 amide bonds. The number of esters is 1. The molecule has 3 rings (SSSR count). The lowest BCUT2D eigenvalue weighted by atomic mass is 10.1. The number of carbonyl (C=O) groups is 1. The second-order valence-corrected chi connectivity index (χ2v) is 5.69. The molecule has 0 aliphatic heterocycles. The van der Waals surface area contributed by atoms with E-state index in [1.807, 2.05) is 24.3 Å². The summed E-state index contributed by atoms with van der Waals surface area (Å²) in [4.78, 5) is 16.0. The van der Waals surface area contributed by atoms with Gasteiger partial charge in [0.15, 0.2) is 0 Å². The summed E-state index contributed by atoms with van der Waals surface area (Å²) in [6, 6.07) is 17.1. The van der Waals surface area contributed by atoms with Crippen LogP contribution in [0.25, 0.3) is 0 Å². The second kappa shape index (κ2) is 8.76. The summed E-state index contributed by atoms with van der Waals surface area (Å²) in [7, 11) is 0. The molecule has 2 aromatic carbocycles. The van der Waals surface area contributed by atoms with Crippen LogP contribution in [0.3, 0.4) is 0 Å². The minimum absolute atomic E-state index is 0.124. The molecule has 0 saturated carbocycles. The third-order valence-corrected chi connectivity index (χ3v) is 3.75. The third kappa shape index (κ3) is 5.14. The maximum absolute atomic E-state index is 12.9. The lowest BCUT2D eigenvalue weighted by Gasteiger charge is -2.11. The van der Waals surface area contributed by atoms with Crippen molar-refractivity contribution < 1.29 is 18.7 Å². The van der Waals surface area contributed by atoms with E-state index in [0.717, 1.165) is 11.1 Å². The molecule has 1 aromatic heterocycles. The number of pyridine rings is 1. The molecule has 0 saturated heterocycles. The molecule has 0 fully saturated rings. The third-order valence-electron chi connectivity index (χ3n) is 3.75. The van der Waals surface area contributed by atoms with Crippen molar-refractivity contribution >= 4 is 5.97 Å². The van der Waals surface area contributed by atoms with E-state index in [0.29, 0.717) is 17.9 Å². The molecule has 3 aromatic rings. The Morgan fingerprint density at radius 1 is 1.00 bits per heavy atom. The van der Waals surface area contributed by atoms with Gasteiger partial charge in [-0.25, -0.2) is 4.39 Å². The Hall–Kier alpha value is -3.21. The van der Waals surface area contributed by atoms with Gasteiger partial charge in [-0.15, -0.1) is 0 Å². The van der Waals surface area contributed by atoms with Crippen molar-refractivity contribution in [3.63, 3.8) is 0 Å². The van der Waals surface area contributed by atoms with Gasteiger partial charge in [0.2, 0.25) is 0 Å². The molecule has 0 bridgehead atoms. The van der Waals surface area contributed by atoms with Crippen LogP contribution in [-0.2, 0) is 22.6 Å². The molecule has 0 atom stereocenters. The van der Waals surface area contributed by atoms with Gasteiger partial charge in [-0.2, -0.15) is 0 Å². The number of carbonyl (C=O) groups excluding carboxylic acids is 1. The lowest BCUT2D eigenvalue weighted by Crippen LogP contribution is -2.06. The van der Waals surface area contributed by atoms with Crippen LogP contribution in [0.4, 0.5) is 4.39 Å². The fraction of sp³-hybridized carbons (Fsp3) is 0.143. The molecule has 0 aliphatic carbocycles. The van der Waals surface area contributed by atoms with Gasteiger partial charge < -0.3 is 9.47 Å². The van der Waals surface area contributed by atoms with E-state index < -0.39 is 0 Å². The number of nitrogens with zero attached hydrogens (tertiary/aromatic N) is 1. The van der Waals surface area contributed by atoms with Crippen molar-refractivity contribution in [3.8, 4) is 11.5 Å². The van der Waals surface area contributed by atoms with Crippen molar-refractivity contribution in [1.29, 1.82) is 0 Å². The largest absolute Gasteiger partial charge is 0.461 e. The average molecular weight is 351 g/mol. The number of aromatic nitrogens is 1. The van der Waals surface area contributed by atoms with Crippen molar-refractivity contribution in [1.82, 2.24) is 4.98 Å². The SMILES string of the molecule is O=C(CCc1ccc(F)cc1)OCc1ccccc1Oc1cccnc1. The number of hydrogen-bond donors (Lipinski definition) is 0. The molecule has 0 N–H and O–H groups in total. The molecule has 0 aliphatic rings. The highest BCUT2D eigenvalue weighted by atomic mass is 19.1. The molecule has 1 heterocycles. The standard InChI is InChI=1S/C21H18FNO3/c22-18-10-7-16(8-11-18)9-12-21(24)25-15-17-4-1-2-6-20(17)26-19-5-3-13-23-14-19/h1-8,10-11,13-14H,9,12,15H2. The number of rotatable bonds is 7. The van der Waals surface area contributed by atoms with Gasteiger partial charge in [-0.1, -0.05) is 30.3 Å².